The van der Waals surface area contributed by atoms with Gasteiger partial charge in [-0.2, -0.15) is 4.39 Å². The molecule has 0 N–H and O–H groups in total. The van der Waals surface area contributed by atoms with Crippen molar-refractivity contribution >= 4 is 22.8 Å². The highest BCUT2D eigenvalue weighted by Gasteiger charge is 2.27. The highest BCUT2D eigenvalue weighted by molar-refractivity contribution is 7.99. The van der Waals surface area contributed by atoms with Gasteiger partial charge in [-0.1, -0.05) is 32.5 Å². The minimum absolute atomic E-state index is 0.0374. The SMILES string of the molecule is CO[C@H]1CC[C@@H](Cn2c(C(C)(C)C)nc3cc(Sc4ccnc(F)c4)ccc32)CC1. The number of nitrogens with zero attached hydrogens (tertiary/aromatic N) is 3. The van der Waals surface area contributed by atoms with E-state index in [1.165, 1.54) is 42.4 Å². The normalized spacial score (nSPS) is 20.0. The molecule has 1 aromatic carbocycles. The van der Waals surface area contributed by atoms with Crippen molar-refractivity contribution in [3.8, 4) is 0 Å². The minimum atomic E-state index is -0.455. The Kier molecular flexibility index (Phi) is 6.16. The molecule has 0 atom stereocenters. The molecule has 1 saturated carbocycles. The summed E-state index contributed by atoms with van der Waals surface area (Å²) in [4.78, 5) is 10.6. The van der Waals surface area contributed by atoms with Gasteiger partial charge in [-0.05, 0) is 55.9 Å². The van der Waals surface area contributed by atoms with E-state index < -0.39 is 5.95 Å². The average molecular weight is 428 g/mol. The van der Waals surface area contributed by atoms with Crippen LogP contribution in [-0.4, -0.2) is 27.7 Å². The lowest BCUT2D eigenvalue weighted by atomic mass is 9.87. The molecule has 3 aromatic rings. The molecule has 30 heavy (non-hydrogen) atoms. The van der Waals surface area contributed by atoms with Crippen molar-refractivity contribution in [1.82, 2.24) is 14.5 Å². The lowest BCUT2D eigenvalue weighted by molar-refractivity contribution is 0.0541. The monoisotopic (exact) mass is 427 g/mol. The van der Waals surface area contributed by atoms with E-state index in [1.807, 2.05) is 13.2 Å². The number of hydrogen-bond acceptors (Lipinski definition) is 4. The van der Waals surface area contributed by atoms with Crippen molar-refractivity contribution < 1.29 is 9.13 Å². The van der Waals surface area contributed by atoms with Crippen LogP contribution in [0.1, 0.15) is 52.3 Å². The number of methoxy groups -OCH3 is 1. The summed E-state index contributed by atoms with van der Waals surface area (Å²) in [7, 11) is 1.82. The Labute approximate surface area is 182 Å². The van der Waals surface area contributed by atoms with E-state index in [1.54, 1.807) is 0 Å². The van der Waals surface area contributed by atoms with E-state index in [9.17, 15) is 4.39 Å². The molecule has 0 bridgehead atoms. The third-order valence-corrected chi connectivity index (χ3v) is 6.87. The largest absolute Gasteiger partial charge is 0.381 e. The number of benzene rings is 1. The van der Waals surface area contributed by atoms with Crippen LogP contribution in [0, 0.1) is 11.9 Å². The second-order valence-corrected chi connectivity index (χ2v) is 10.4. The third kappa shape index (κ3) is 4.70. The molecule has 160 valence electrons. The molecule has 0 spiro atoms. The second kappa shape index (κ2) is 8.67. The first-order chi connectivity index (χ1) is 14.3. The van der Waals surface area contributed by atoms with E-state index in [0.29, 0.717) is 12.0 Å². The molecule has 2 heterocycles. The predicted molar refractivity (Wildman–Crippen MR) is 120 cm³/mol. The predicted octanol–water partition coefficient (Wildman–Crippen LogP) is 6.22. The molecule has 0 amide bonds. The number of imidazole rings is 1. The first-order valence-electron chi connectivity index (χ1n) is 10.7. The third-order valence-electron chi connectivity index (χ3n) is 5.89. The van der Waals surface area contributed by atoms with Gasteiger partial charge in [0.05, 0.1) is 17.1 Å². The molecule has 2 aromatic heterocycles. The number of hydrogen-bond donors (Lipinski definition) is 0. The average Bonchev–Trinajstić information content (AvgIpc) is 3.07. The molecule has 1 aliphatic rings. The minimum Gasteiger partial charge on any atom is -0.381 e. The van der Waals surface area contributed by atoms with E-state index >= 15 is 0 Å². The van der Waals surface area contributed by atoms with Crippen LogP contribution in [0.25, 0.3) is 11.0 Å². The second-order valence-electron chi connectivity index (χ2n) is 9.24. The summed E-state index contributed by atoms with van der Waals surface area (Å²) >= 11 is 1.53. The molecule has 0 aliphatic heterocycles. The maximum Gasteiger partial charge on any atom is 0.213 e. The van der Waals surface area contributed by atoms with Crippen molar-refractivity contribution in [2.24, 2.45) is 5.92 Å². The van der Waals surface area contributed by atoms with Crippen molar-refractivity contribution in [3.05, 3.63) is 48.3 Å². The number of ether oxygens (including phenoxy) is 1. The van der Waals surface area contributed by atoms with E-state index in [0.717, 1.165) is 40.5 Å². The van der Waals surface area contributed by atoms with Crippen LogP contribution in [-0.2, 0) is 16.7 Å². The van der Waals surface area contributed by atoms with Gasteiger partial charge in [0.15, 0.2) is 0 Å². The summed E-state index contributed by atoms with van der Waals surface area (Å²) in [5.41, 5.74) is 2.15. The molecule has 0 radical (unpaired) electrons. The molecule has 1 aliphatic carbocycles. The summed E-state index contributed by atoms with van der Waals surface area (Å²) in [5.74, 6) is 1.33. The lowest BCUT2D eigenvalue weighted by Gasteiger charge is -2.29. The van der Waals surface area contributed by atoms with Gasteiger partial charge in [-0.3, -0.25) is 0 Å². The van der Waals surface area contributed by atoms with Gasteiger partial charge < -0.3 is 9.30 Å². The van der Waals surface area contributed by atoms with Gasteiger partial charge >= 0.3 is 0 Å². The Morgan fingerprint density at radius 3 is 2.50 bits per heavy atom. The van der Waals surface area contributed by atoms with Crippen molar-refractivity contribution in [3.63, 3.8) is 0 Å². The fourth-order valence-electron chi connectivity index (χ4n) is 4.32. The van der Waals surface area contributed by atoms with Crippen LogP contribution in [0.5, 0.6) is 0 Å². The molecular weight excluding hydrogens is 397 g/mol. The molecular formula is C24H30FN3OS. The number of pyridine rings is 1. The van der Waals surface area contributed by atoms with E-state index in [-0.39, 0.29) is 5.41 Å². The van der Waals surface area contributed by atoms with Gasteiger partial charge in [-0.25, -0.2) is 9.97 Å². The van der Waals surface area contributed by atoms with Crippen LogP contribution in [0.2, 0.25) is 0 Å². The summed E-state index contributed by atoms with van der Waals surface area (Å²) in [6.07, 6.45) is 6.60. The Bertz CT molecular complexity index is 1020. The summed E-state index contributed by atoms with van der Waals surface area (Å²) < 4.78 is 21.4. The zero-order valence-corrected chi connectivity index (χ0v) is 19.0. The van der Waals surface area contributed by atoms with Crippen molar-refractivity contribution in [1.29, 1.82) is 0 Å². The first-order valence-corrected chi connectivity index (χ1v) is 11.5. The summed E-state index contributed by atoms with van der Waals surface area (Å²) in [6, 6.07) is 9.68. The highest BCUT2D eigenvalue weighted by atomic mass is 32.2. The van der Waals surface area contributed by atoms with Gasteiger partial charge in [0.25, 0.3) is 0 Å². The maximum absolute atomic E-state index is 13.4. The number of halogens is 1. The van der Waals surface area contributed by atoms with Crippen LogP contribution < -0.4 is 0 Å². The van der Waals surface area contributed by atoms with Gasteiger partial charge in [0.2, 0.25) is 5.95 Å². The van der Waals surface area contributed by atoms with Gasteiger partial charge in [-0.15, -0.1) is 0 Å². The summed E-state index contributed by atoms with van der Waals surface area (Å²) in [5, 5.41) is 0. The maximum atomic E-state index is 13.4. The van der Waals surface area contributed by atoms with E-state index in [4.69, 9.17) is 9.72 Å². The molecule has 1 fully saturated rings. The molecule has 4 nitrogen and oxygen atoms in total. The first kappa shape index (κ1) is 21.3. The van der Waals surface area contributed by atoms with E-state index in [2.05, 4.69) is 48.5 Å². The van der Waals surface area contributed by atoms with Crippen LogP contribution in [0.3, 0.4) is 0 Å². The standard InChI is InChI=1S/C24H30FN3OS/c1-24(2,3)23-27-20-13-18(30-19-11-12-26-22(25)14-19)9-10-21(20)28(23)15-16-5-7-17(29-4)8-6-16/h9-14,16-17H,5-8,15H2,1-4H3/t16-,17+. The van der Waals surface area contributed by atoms with Crippen LogP contribution in [0.4, 0.5) is 4.39 Å². The number of fused-ring (bicyclic) bond motifs is 1. The Morgan fingerprint density at radius 1 is 1.10 bits per heavy atom. The highest BCUT2D eigenvalue weighted by Crippen LogP contribution is 2.34. The Morgan fingerprint density at radius 2 is 1.83 bits per heavy atom. The van der Waals surface area contributed by atoms with Crippen LogP contribution >= 0.6 is 11.8 Å². The molecule has 6 heteroatoms. The fourth-order valence-corrected chi connectivity index (χ4v) is 5.19. The lowest BCUT2D eigenvalue weighted by Crippen LogP contribution is -2.26. The fraction of sp³-hybridized carbons (Fsp3) is 0.500. The van der Waals surface area contributed by atoms with Gasteiger partial charge in [0.1, 0.15) is 5.82 Å². The van der Waals surface area contributed by atoms with Gasteiger partial charge in [0, 0.05) is 41.1 Å². The zero-order valence-electron chi connectivity index (χ0n) is 18.2. The molecule has 0 saturated heterocycles. The number of rotatable bonds is 5. The summed E-state index contributed by atoms with van der Waals surface area (Å²) in [6.45, 7) is 7.67. The topological polar surface area (TPSA) is 39.9 Å². The Hall–Kier alpha value is -1.92. The smallest absolute Gasteiger partial charge is 0.213 e. The molecule has 4 rings (SSSR count). The van der Waals surface area contributed by atoms with Crippen molar-refractivity contribution in [2.45, 2.75) is 74.3 Å². The zero-order chi connectivity index (χ0) is 21.3. The Balaban J connectivity index is 1.63. The molecule has 0 unspecified atom stereocenters. The van der Waals surface area contributed by atoms with Crippen molar-refractivity contribution in [2.75, 3.05) is 7.11 Å². The van der Waals surface area contributed by atoms with Crippen LogP contribution in [0.15, 0.2) is 46.3 Å². The number of aromatic nitrogens is 3. The quantitative estimate of drug-likeness (QED) is 0.453.